The van der Waals surface area contributed by atoms with Gasteiger partial charge in [-0.15, -0.1) is 0 Å². The zero-order valence-electron chi connectivity index (χ0n) is 25.6. The van der Waals surface area contributed by atoms with Gasteiger partial charge < -0.3 is 10.6 Å². The highest BCUT2D eigenvalue weighted by Crippen LogP contribution is 2.56. The van der Waals surface area contributed by atoms with Gasteiger partial charge in [0.15, 0.2) is 0 Å². The summed E-state index contributed by atoms with van der Waals surface area (Å²) in [5.41, 5.74) is 16.7. The van der Waals surface area contributed by atoms with E-state index in [0.29, 0.717) is 11.6 Å². The van der Waals surface area contributed by atoms with Crippen molar-refractivity contribution in [3.63, 3.8) is 0 Å². The number of para-hydroxylation sites is 1. The van der Waals surface area contributed by atoms with Crippen LogP contribution in [0.5, 0.6) is 0 Å². The average molecular weight is 601 g/mol. The van der Waals surface area contributed by atoms with E-state index in [2.05, 4.69) is 164 Å². The van der Waals surface area contributed by atoms with Gasteiger partial charge >= 0.3 is 0 Å². The molecule has 1 aliphatic heterocycles. The number of hydrogen-bond donors (Lipinski definition) is 1. The molecule has 2 nitrogen and oxygen atoms in total. The molecule has 0 amide bonds. The van der Waals surface area contributed by atoms with Gasteiger partial charge in [0, 0.05) is 22.8 Å². The number of allylic oxidation sites excluding steroid dienone is 8. The molecule has 0 saturated carbocycles. The van der Waals surface area contributed by atoms with Crippen LogP contribution in [-0.2, 0) is 0 Å². The molecule has 4 unspecified atom stereocenters. The fourth-order valence-electron chi connectivity index (χ4n) is 7.47. The van der Waals surface area contributed by atoms with Crippen molar-refractivity contribution in [1.29, 1.82) is 0 Å². The van der Waals surface area contributed by atoms with Gasteiger partial charge in [0.05, 0.1) is 5.69 Å². The largest absolute Gasteiger partial charge is 0.321 e. The minimum Gasteiger partial charge on any atom is -0.321 e. The Morgan fingerprint density at radius 3 is 2.47 bits per heavy atom. The molecule has 0 fully saturated rings. The van der Waals surface area contributed by atoms with Gasteiger partial charge in [-0.3, -0.25) is 0 Å². The summed E-state index contributed by atoms with van der Waals surface area (Å²) in [7, 11) is -0.509. The van der Waals surface area contributed by atoms with Gasteiger partial charge in [-0.1, -0.05) is 139 Å². The molecule has 5 aromatic carbocycles. The highest BCUT2D eigenvalue weighted by atomic mass is 31.1. The van der Waals surface area contributed by atoms with Crippen LogP contribution in [0.1, 0.15) is 48.5 Å². The predicted octanol–water partition coefficient (Wildman–Crippen LogP) is 9.78. The zero-order chi connectivity index (χ0) is 30.3. The maximum atomic E-state index is 7.47. The number of rotatable bonds is 6. The van der Waals surface area contributed by atoms with Crippen molar-refractivity contribution in [3.8, 4) is 0 Å². The van der Waals surface area contributed by atoms with E-state index >= 15 is 0 Å². The van der Waals surface area contributed by atoms with Gasteiger partial charge in [-0.2, -0.15) is 0 Å². The van der Waals surface area contributed by atoms with Crippen LogP contribution in [0.15, 0.2) is 157 Å². The van der Waals surface area contributed by atoms with Crippen molar-refractivity contribution >= 4 is 46.3 Å². The maximum Gasteiger partial charge on any atom is 0.109 e. The molecular formula is C42H37N2P. The average Bonchev–Trinajstić information content (AvgIpc) is 3.43. The Hall–Kier alpha value is -4.49. The second kappa shape index (κ2) is 11.8. The summed E-state index contributed by atoms with van der Waals surface area (Å²) in [4.78, 5) is 2.39. The maximum absolute atomic E-state index is 7.47. The van der Waals surface area contributed by atoms with Crippen LogP contribution >= 0.6 is 7.92 Å². The van der Waals surface area contributed by atoms with Crippen LogP contribution in [-0.4, -0.2) is 5.66 Å². The number of nitrogens with two attached hydrogens (primary N) is 1. The van der Waals surface area contributed by atoms with Crippen molar-refractivity contribution in [2.45, 2.75) is 37.5 Å². The molecule has 0 saturated heterocycles. The van der Waals surface area contributed by atoms with Crippen LogP contribution in [0.25, 0.3) is 16.3 Å². The Balaban J connectivity index is 1.33. The molecule has 2 aliphatic carbocycles. The lowest BCUT2D eigenvalue weighted by atomic mass is 9.90. The molecule has 5 aromatic rings. The molecule has 1 heterocycles. The minimum atomic E-state index is -0.509. The highest BCUT2D eigenvalue weighted by molar-refractivity contribution is 7.74. The summed E-state index contributed by atoms with van der Waals surface area (Å²) < 4.78 is 0. The Morgan fingerprint density at radius 1 is 0.800 bits per heavy atom. The topological polar surface area (TPSA) is 29.3 Å². The van der Waals surface area contributed by atoms with E-state index in [0.717, 1.165) is 29.8 Å². The quantitative estimate of drug-likeness (QED) is 0.155. The number of anilines is 2. The summed E-state index contributed by atoms with van der Waals surface area (Å²) in [5.74, 6) is 0.355. The van der Waals surface area contributed by atoms with Gasteiger partial charge in [0.2, 0.25) is 0 Å². The van der Waals surface area contributed by atoms with E-state index in [1.807, 2.05) is 0 Å². The van der Waals surface area contributed by atoms with Crippen molar-refractivity contribution < 1.29 is 0 Å². The van der Waals surface area contributed by atoms with Gasteiger partial charge in [0.25, 0.3) is 0 Å². The Labute approximate surface area is 267 Å². The van der Waals surface area contributed by atoms with Gasteiger partial charge in [0.1, 0.15) is 6.17 Å². The molecule has 220 valence electrons. The van der Waals surface area contributed by atoms with Gasteiger partial charge in [-0.25, -0.2) is 0 Å². The van der Waals surface area contributed by atoms with E-state index in [-0.39, 0.29) is 0 Å². The molecule has 45 heavy (non-hydrogen) atoms. The van der Waals surface area contributed by atoms with E-state index in [9.17, 15) is 0 Å². The standard InChI is InChI=1S/C42H37N2P/c1-29-14-5-7-19-33(29)35-21-9-11-24-39(35)44(42(43)37-23-13-16-30-15-6-8-20-34(30)37)31-26-27-41-38(28-31)36-22-10-12-25-40(36)45(41)32-17-3-2-4-18-32/h2-4,6-13,15-28,36,40,42H,5,14,43H2,1H3. The van der Waals surface area contributed by atoms with Crippen molar-refractivity contribution in [2.75, 3.05) is 4.90 Å². The second-order valence-corrected chi connectivity index (χ2v) is 14.6. The Morgan fingerprint density at radius 2 is 1.58 bits per heavy atom. The van der Waals surface area contributed by atoms with Gasteiger partial charge in [-0.05, 0) is 84.0 Å². The van der Waals surface area contributed by atoms with E-state index in [4.69, 9.17) is 5.73 Å². The first-order valence-corrected chi connectivity index (χ1v) is 17.4. The van der Waals surface area contributed by atoms with E-state index in [1.165, 1.54) is 43.7 Å². The molecule has 2 N–H and O–H groups in total. The number of fused-ring (bicyclic) bond motifs is 4. The normalized spacial score (nSPS) is 20.7. The fourth-order valence-corrected chi connectivity index (χ4v) is 10.5. The molecule has 8 rings (SSSR count). The van der Waals surface area contributed by atoms with Crippen LogP contribution in [0.3, 0.4) is 0 Å². The first kappa shape index (κ1) is 28.0. The third-order valence-electron chi connectivity index (χ3n) is 9.65. The third kappa shape index (κ3) is 4.90. The van der Waals surface area contributed by atoms with Crippen LogP contribution < -0.4 is 21.2 Å². The molecule has 0 radical (unpaired) electrons. The molecule has 3 aliphatic rings. The van der Waals surface area contributed by atoms with Crippen LogP contribution in [0.2, 0.25) is 0 Å². The smallest absolute Gasteiger partial charge is 0.109 e. The van der Waals surface area contributed by atoms with Crippen molar-refractivity contribution in [3.05, 3.63) is 174 Å². The van der Waals surface area contributed by atoms with Crippen molar-refractivity contribution in [2.24, 2.45) is 5.73 Å². The molecular weight excluding hydrogens is 563 g/mol. The summed E-state index contributed by atoms with van der Waals surface area (Å²) in [6.45, 7) is 2.27. The first-order chi connectivity index (χ1) is 22.2. The predicted molar refractivity (Wildman–Crippen MR) is 194 cm³/mol. The molecule has 3 heteroatoms. The highest BCUT2D eigenvalue weighted by Gasteiger charge is 2.40. The third-order valence-corrected chi connectivity index (χ3v) is 12.5. The fraction of sp³-hybridized carbons (Fsp3) is 0.143. The van der Waals surface area contributed by atoms with E-state index < -0.39 is 14.1 Å². The monoisotopic (exact) mass is 600 g/mol. The lowest BCUT2D eigenvalue weighted by Gasteiger charge is -2.35. The first-order valence-electron chi connectivity index (χ1n) is 16.0. The summed E-state index contributed by atoms with van der Waals surface area (Å²) >= 11 is 0. The van der Waals surface area contributed by atoms with Crippen LogP contribution in [0, 0.1) is 0 Å². The summed E-state index contributed by atoms with van der Waals surface area (Å²) in [6.07, 6.45) is 15.7. The minimum absolute atomic E-state index is 0.355. The lowest BCUT2D eigenvalue weighted by molar-refractivity contribution is 0.740. The molecule has 0 aromatic heterocycles. The van der Waals surface area contributed by atoms with Crippen molar-refractivity contribution in [1.82, 2.24) is 0 Å². The summed E-state index contributed by atoms with van der Waals surface area (Å²) in [5, 5.41) is 5.32. The second-order valence-electron chi connectivity index (χ2n) is 12.3. The molecule has 0 spiro atoms. The number of hydrogen-bond acceptors (Lipinski definition) is 2. The molecule has 4 atom stereocenters. The zero-order valence-corrected chi connectivity index (χ0v) is 26.4. The lowest BCUT2D eigenvalue weighted by Crippen LogP contribution is -2.32. The number of nitrogens with zero attached hydrogens (tertiary/aromatic N) is 1. The summed E-state index contributed by atoms with van der Waals surface area (Å²) in [6, 6.07) is 42.2. The van der Waals surface area contributed by atoms with Crippen LogP contribution in [0.4, 0.5) is 11.4 Å². The SMILES string of the molecule is CC1=C(c2ccccc2N(c2ccc3c(c2)C2C=CC=CC2P3c2ccccc2)C(N)c2cccc3ccccc23)C=CCC1. The number of benzene rings is 5. The van der Waals surface area contributed by atoms with E-state index in [1.54, 1.807) is 0 Å². The molecule has 0 bridgehead atoms. The Bertz CT molecular complexity index is 2010. The Kier molecular flexibility index (Phi) is 7.34.